The maximum atomic E-state index is 5.37. The summed E-state index contributed by atoms with van der Waals surface area (Å²) in [4.78, 5) is 1.06. The van der Waals surface area contributed by atoms with Crippen molar-refractivity contribution < 1.29 is 4.74 Å². The Bertz CT molecular complexity index is 548. The van der Waals surface area contributed by atoms with Gasteiger partial charge in [0, 0.05) is 13.1 Å². The highest BCUT2D eigenvalue weighted by molar-refractivity contribution is 7.13. The van der Waals surface area contributed by atoms with Crippen molar-refractivity contribution in [3.8, 4) is 16.5 Å². The topological polar surface area (TPSA) is 52.0 Å². The monoisotopic (exact) mass is 264 g/mol. The lowest BCUT2D eigenvalue weighted by Gasteiger charge is -2.23. The summed E-state index contributed by atoms with van der Waals surface area (Å²) in [6, 6.07) is 2.28. The Kier molecular flexibility index (Phi) is 3.05. The highest BCUT2D eigenvalue weighted by atomic mass is 32.1. The number of nitrogens with zero attached hydrogens (tertiary/aromatic N) is 3. The van der Waals surface area contributed by atoms with Gasteiger partial charge in [0.1, 0.15) is 10.6 Å². The molecule has 18 heavy (non-hydrogen) atoms. The van der Waals surface area contributed by atoms with E-state index < -0.39 is 0 Å². The van der Waals surface area contributed by atoms with Gasteiger partial charge in [0.15, 0.2) is 11.6 Å². The summed E-state index contributed by atoms with van der Waals surface area (Å²) in [5, 5.41) is 14.2. The van der Waals surface area contributed by atoms with E-state index in [4.69, 9.17) is 4.74 Å². The molecule has 0 aliphatic carbocycles. The molecular weight excluding hydrogens is 248 g/mol. The van der Waals surface area contributed by atoms with Gasteiger partial charge in [-0.05, 0) is 17.9 Å². The Morgan fingerprint density at radius 2 is 2.44 bits per heavy atom. The lowest BCUT2D eigenvalue weighted by atomic mass is 10.2. The molecule has 6 heteroatoms. The van der Waals surface area contributed by atoms with E-state index in [1.54, 1.807) is 18.4 Å². The minimum atomic E-state index is 0.311. The van der Waals surface area contributed by atoms with Crippen molar-refractivity contribution in [2.75, 3.05) is 13.7 Å². The zero-order valence-corrected chi connectivity index (χ0v) is 11.3. The van der Waals surface area contributed by atoms with Crippen LogP contribution in [0, 0.1) is 0 Å². The van der Waals surface area contributed by atoms with Gasteiger partial charge in [-0.15, -0.1) is 21.5 Å². The van der Waals surface area contributed by atoms with Crippen LogP contribution in [-0.2, 0) is 6.54 Å². The fraction of sp³-hybridized carbons (Fsp3) is 0.500. The SMILES string of the molecule is CCC1NCCn2c(-c3sccc3OC)nnc21. The molecule has 0 saturated heterocycles. The molecule has 0 amide bonds. The quantitative estimate of drug-likeness (QED) is 0.922. The van der Waals surface area contributed by atoms with Crippen LogP contribution in [0.5, 0.6) is 5.75 Å². The summed E-state index contributed by atoms with van der Waals surface area (Å²) >= 11 is 1.64. The van der Waals surface area contributed by atoms with E-state index in [1.807, 2.05) is 11.4 Å². The van der Waals surface area contributed by atoms with E-state index in [1.165, 1.54) is 0 Å². The van der Waals surface area contributed by atoms with Crippen molar-refractivity contribution in [2.24, 2.45) is 0 Å². The second-order valence-electron chi connectivity index (χ2n) is 4.27. The van der Waals surface area contributed by atoms with E-state index in [0.29, 0.717) is 6.04 Å². The van der Waals surface area contributed by atoms with Crippen LogP contribution in [0.2, 0.25) is 0 Å². The highest BCUT2D eigenvalue weighted by Gasteiger charge is 2.25. The van der Waals surface area contributed by atoms with Gasteiger partial charge in [0.05, 0.1) is 13.2 Å². The molecule has 0 bridgehead atoms. The van der Waals surface area contributed by atoms with Crippen molar-refractivity contribution in [1.82, 2.24) is 20.1 Å². The predicted molar refractivity (Wildman–Crippen MR) is 70.9 cm³/mol. The van der Waals surface area contributed by atoms with Crippen LogP contribution in [0.1, 0.15) is 25.2 Å². The first-order valence-corrected chi connectivity index (χ1v) is 7.01. The minimum absolute atomic E-state index is 0.311. The Morgan fingerprint density at radius 1 is 1.56 bits per heavy atom. The average molecular weight is 264 g/mol. The number of fused-ring (bicyclic) bond motifs is 1. The zero-order chi connectivity index (χ0) is 12.5. The molecule has 2 aromatic rings. The molecular formula is C12H16N4OS. The number of nitrogens with one attached hydrogen (secondary N) is 1. The summed E-state index contributed by atoms with van der Waals surface area (Å²) in [5.41, 5.74) is 0. The van der Waals surface area contributed by atoms with Gasteiger partial charge in [-0.1, -0.05) is 6.92 Å². The van der Waals surface area contributed by atoms with Crippen LogP contribution in [0.25, 0.3) is 10.7 Å². The van der Waals surface area contributed by atoms with Crippen LogP contribution in [0.15, 0.2) is 11.4 Å². The largest absolute Gasteiger partial charge is 0.495 e. The normalized spacial score (nSPS) is 18.7. The first kappa shape index (κ1) is 11.7. The number of thiophene rings is 1. The van der Waals surface area contributed by atoms with Gasteiger partial charge < -0.3 is 14.6 Å². The number of rotatable bonds is 3. The number of methoxy groups -OCH3 is 1. The van der Waals surface area contributed by atoms with E-state index >= 15 is 0 Å². The fourth-order valence-electron chi connectivity index (χ4n) is 2.35. The molecule has 1 aliphatic heterocycles. The fourth-order valence-corrected chi connectivity index (χ4v) is 3.20. The van der Waals surface area contributed by atoms with Crippen LogP contribution in [0.4, 0.5) is 0 Å². The Morgan fingerprint density at radius 3 is 3.22 bits per heavy atom. The molecule has 1 N–H and O–H groups in total. The molecule has 5 nitrogen and oxygen atoms in total. The number of hydrogen-bond donors (Lipinski definition) is 1. The third kappa shape index (κ3) is 1.72. The molecule has 3 rings (SSSR count). The van der Waals surface area contributed by atoms with Gasteiger partial charge >= 0.3 is 0 Å². The third-order valence-electron chi connectivity index (χ3n) is 3.28. The maximum absolute atomic E-state index is 5.37. The molecule has 1 atom stereocenters. The Labute approximate surface area is 110 Å². The maximum Gasteiger partial charge on any atom is 0.177 e. The van der Waals surface area contributed by atoms with Crippen molar-refractivity contribution in [3.63, 3.8) is 0 Å². The lowest BCUT2D eigenvalue weighted by Crippen LogP contribution is -2.33. The van der Waals surface area contributed by atoms with E-state index in [9.17, 15) is 0 Å². The van der Waals surface area contributed by atoms with Gasteiger partial charge in [-0.3, -0.25) is 0 Å². The van der Waals surface area contributed by atoms with E-state index in [0.717, 1.165) is 41.8 Å². The molecule has 0 aromatic carbocycles. The average Bonchev–Trinajstić information content (AvgIpc) is 3.03. The smallest absolute Gasteiger partial charge is 0.177 e. The predicted octanol–water partition coefficient (Wildman–Crippen LogP) is 2.07. The Hall–Kier alpha value is -1.40. The number of hydrogen-bond acceptors (Lipinski definition) is 5. The van der Waals surface area contributed by atoms with Crippen LogP contribution in [-0.4, -0.2) is 28.4 Å². The van der Waals surface area contributed by atoms with Gasteiger partial charge in [-0.2, -0.15) is 0 Å². The van der Waals surface area contributed by atoms with Crippen LogP contribution >= 0.6 is 11.3 Å². The van der Waals surface area contributed by atoms with Crippen LogP contribution < -0.4 is 10.1 Å². The molecule has 96 valence electrons. The Balaban J connectivity index is 2.07. The molecule has 2 aromatic heterocycles. The van der Waals surface area contributed by atoms with Gasteiger partial charge in [0.2, 0.25) is 0 Å². The second kappa shape index (κ2) is 4.70. The summed E-state index contributed by atoms with van der Waals surface area (Å²) in [6.07, 6.45) is 1.03. The number of aromatic nitrogens is 3. The first-order chi connectivity index (χ1) is 8.85. The minimum Gasteiger partial charge on any atom is -0.495 e. The zero-order valence-electron chi connectivity index (χ0n) is 10.5. The molecule has 1 aliphatic rings. The van der Waals surface area contributed by atoms with Gasteiger partial charge in [-0.25, -0.2) is 0 Å². The number of ether oxygens (including phenoxy) is 1. The summed E-state index contributed by atoms with van der Waals surface area (Å²) < 4.78 is 7.57. The van der Waals surface area contributed by atoms with Crippen molar-refractivity contribution in [1.29, 1.82) is 0 Å². The third-order valence-corrected chi connectivity index (χ3v) is 4.17. The van der Waals surface area contributed by atoms with Gasteiger partial charge in [0.25, 0.3) is 0 Å². The summed E-state index contributed by atoms with van der Waals surface area (Å²) in [7, 11) is 1.69. The van der Waals surface area contributed by atoms with Crippen molar-refractivity contribution >= 4 is 11.3 Å². The lowest BCUT2D eigenvalue weighted by molar-refractivity contribution is 0.405. The standard InChI is InChI=1S/C12H16N4OS/c1-3-8-11-14-15-12(16(11)6-5-13-8)10-9(17-2)4-7-18-10/h4,7-8,13H,3,5-6H2,1-2H3. The molecule has 0 fully saturated rings. The molecule has 3 heterocycles. The molecule has 0 saturated carbocycles. The molecule has 1 unspecified atom stereocenters. The molecule has 0 radical (unpaired) electrons. The summed E-state index contributed by atoms with van der Waals surface area (Å²) in [5.74, 6) is 2.84. The highest BCUT2D eigenvalue weighted by Crippen LogP contribution is 2.35. The summed E-state index contributed by atoms with van der Waals surface area (Å²) in [6.45, 7) is 4.03. The second-order valence-corrected chi connectivity index (χ2v) is 5.18. The van der Waals surface area contributed by atoms with Crippen LogP contribution in [0.3, 0.4) is 0 Å². The molecule has 0 spiro atoms. The van der Waals surface area contributed by atoms with Crippen molar-refractivity contribution in [2.45, 2.75) is 25.9 Å². The van der Waals surface area contributed by atoms with E-state index in [2.05, 4.69) is 27.0 Å². The first-order valence-electron chi connectivity index (χ1n) is 6.13. The van der Waals surface area contributed by atoms with E-state index in [-0.39, 0.29) is 0 Å². The van der Waals surface area contributed by atoms with Crippen molar-refractivity contribution in [3.05, 3.63) is 17.3 Å².